The van der Waals surface area contributed by atoms with Gasteiger partial charge in [0.2, 0.25) is 10.0 Å². The molecule has 6 heteroatoms. The van der Waals surface area contributed by atoms with E-state index >= 15 is 0 Å². The lowest BCUT2D eigenvalue weighted by Gasteiger charge is -2.31. The van der Waals surface area contributed by atoms with Crippen LogP contribution < -0.4 is 4.72 Å². The van der Waals surface area contributed by atoms with Gasteiger partial charge in [-0.25, -0.2) is 13.1 Å². The lowest BCUT2D eigenvalue weighted by atomic mass is 9.94. The molecule has 1 N–H and O–H groups in total. The van der Waals surface area contributed by atoms with Crippen LogP contribution in [-0.2, 0) is 10.0 Å². The summed E-state index contributed by atoms with van der Waals surface area (Å²) in [5, 5.41) is 0. The molecule has 0 atom stereocenters. The second-order valence-corrected chi connectivity index (χ2v) is 8.19. The minimum atomic E-state index is -3.58. The zero-order chi connectivity index (χ0) is 17.2. The highest BCUT2D eigenvalue weighted by Gasteiger charge is 2.25. The van der Waals surface area contributed by atoms with Gasteiger partial charge < -0.3 is 4.90 Å². The van der Waals surface area contributed by atoms with Gasteiger partial charge in [-0.05, 0) is 57.0 Å². The van der Waals surface area contributed by atoms with Crippen molar-refractivity contribution in [1.82, 2.24) is 9.62 Å². The average Bonchev–Trinajstić information content (AvgIpc) is 2.56. The van der Waals surface area contributed by atoms with Crippen LogP contribution >= 0.6 is 0 Å². The van der Waals surface area contributed by atoms with Crippen molar-refractivity contribution in [3.8, 4) is 0 Å². The molecule has 1 saturated carbocycles. The minimum Gasteiger partial charge on any atom is -0.339 e. The van der Waals surface area contributed by atoms with Crippen molar-refractivity contribution in [2.45, 2.75) is 56.9 Å². The molecule has 0 unspecified atom stereocenters. The van der Waals surface area contributed by atoms with E-state index in [2.05, 4.69) is 4.72 Å². The van der Waals surface area contributed by atoms with Gasteiger partial charge >= 0.3 is 0 Å². The standard InChI is InChI=1S/C17H26N2O3S/c1-12-10-14(11-16(13(12)2)23(21,22)18-3)17(20)19(4)15-8-6-5-7-9-15/h10-11,15,18H,5-9H2,1-4H3. The third-order valence-electron chi connectivity index (χ3n) is 4.87. The van der Waals surface area contributed by atoms with E-state index in [1.54, 1.807) is 17.9 Å². The molecule has 0 saturated heterocycles. The zero-order valence-electron chi connectivity index (χ0n) is 14.3. The monoisotopic (exact) mass is 338 g/mol. The fraction of sp³-hybridized carbons (Fsp3) is 0.588. The molecule has 1 fully saturated rings. The first-order chi connectivity index (χ1) is 10.8. The van der Waals surface area contributed by atoms with Crippen molar-refractivity contribution in [3.63, 3.8) is 0 Å². The largest absolute Gasteiger partial charge is 0.339 e. The molecule has 128 valence electrons. The van der Waals surface area contributed by atoms with Crippen molar-refractivity contribution in [1.29, 1.82) is 0 Å². The molecule has 5 nitrogen and oxygen atoms in total. The van der Waals surface area contributed by atoms with Crippen molar-refractivity contribution >= 4 is 15.9 Å². The quantitative estimate of drug-likeness (QED) is 0.918. The summed E-state index contributed by atoms with van der Waals surface area (Å²) in [4.78, 5) is 14.7. The maximum Gasteiger partial charge on any atom is 0.253 e. The third-order valence-corrected chi connectivity index (χ3v) is 6.41. The summed E-state index contributed by atoms with van der Waals surface area (Å²) in [6.07, 6.45) is 5.57. The van der Waals surface area contributed by atoms with Crippen molar-refractivity contribution in [2.24, 2.45) is 0 Å². The summed E-state index contributed by atoms with van der Waals surface area (Å²) in [7, 11) is -0.378. The normalized spacial score (nSPS) is 16.3. The summed E-state index contributed by atoms with van der Waals surface area (Å²) < 4.78 is 26.7. The molecule has 1 aliphatic carbocycles. The molecule has 0 radical (unpaired) electrons. The number of nitrogens with one attached hydrogen (secondary N) is 1. The number of benzene rings is 1. The molecule has 2 rings (SSSR count). The highest BCUT2D eigenvalue weighted by atomic mass is 32.2. The SMILES string of the molecule is CNS(=O)(=O)c1cc(C(=O)N(C)C2CCCCC2)cc(C)c1C. The van der Waals surface area contributed by atoms with Crippen LogP contribution in [0.15, 0.2) is 17.0 Å². The van der Waals surface area contributed by atoms with Gasteiger partial charge in [-0.2, -0.15) is 0 Å². The molecular formula is C17H26N2O3S. The Balaban J connectivity index is 2.37. The average molecular weight is 338 g/mol. The Labute approximate surface area is 139 Å². The number of sulfonamides is 1. The summed E-state index contributed by atoms with van der Waals surface area (Å²) in [6.45, 7) is 3.60. The molecule has 23 heavy (non-hydrogen) atoms. The van der Waals surface area contributed by atoms with E-state index < -0.39 is 10.0 Å². The molecule has 0 spiro atoms. The van der Waals surface area contributed by atoms with Crippen LogP contribution in [0.3, 0.4) is 0 Å². The van der Waals surface area contributed by atoms with Crippen LogP contribution in [0, 0.1) is 13.8 Å². The van der Waals surface area contributed by atoms with Crippen molar-refractivity contribution in [3.05, 3.63) is 28.8 Å². The van der Waals surface area contributed by atoms with Crippen molar-refractivity contribution < 1.29 is 13.2 Å². The second-order valence-electron chi connectivity index (χ2n) is 6.33. The smallest absolute Gasteiger partial charge is 0.253 e. The summed E-state index contributed by atoms with van der Waals surface area (Å²) in [5.41, 5.74) is 1.92. The first-order valence-corrected chi connectivity index (χ1v) is 9.58. The fourth-order valence-corrected chi connectivity index (χ4v) is 4.24. The first-order valence-electron chi connectivity index (χ1n) is 8.10. The molecule has 1 aliphatic rings. The van der Waals surface area contributed by atoms with E-state index in [1.807, 2.05) is 14.0 Å². The Bertz CT molecular complexity index is 692. The van der Waals surface area contributed by atoms with Gasteiger partial charge in [0.05, 0.1) is 4.90 Å². The van der Waals surface area contributed by atoms with E-state index in [9.17, 15) is 13.2 Å². The van der Waals surface area contributed by atoms with Crippen LogP contribution in [0.4, 0.5) is 0 Å². The number of nitrogens with zero attached hydrogens (tertiary/aromatic N) is 1. The minimum absolute atomic E-state index is 0.104. The summed E-state index contributed by atoms with van der Waals surface area (Å²) in [6, 6.07) is 3.53. The zero-order valence-corrected chi connectivity index (χ0v) is 15.2. The van der Waals surface area contributed by atoms with Crippen LogP contribution in [0.25, 0.3) is 0 Å². The Morgan fingerprint density at radius 3 is 2.35 bits per heavy atom. The number of carbonyl (C=O) groups is 1. The fourth-order valence-electron chi connectivity index (χ4n) is 3.18. The van der Waals surface area contributed by atoms with Crippen LogP contribution in [-0.4, -0.2) is 39.4 Å². The van der Waals surface area contributed by atoms with Gasteiger partial charge in [0.1, 0.15) is 0 Å². The second kappa shape index (κ2) is 7.01. The topological polar surface area (TPSA) is 66.5 Å². The van der Waals surface area contributed by atoms with Crippen LogP contribution in [0.2, 0.25) is 0 Å². The van der Waals surface area contributed by atoms with Crippen LogP contribution in [0.1, 0.15) is 53.6 Å². The Kier molecular flexibility index (Phi) is 5.47. The first kappa shape index (κ1) is 17.9. The molecule has 1 aromatic carbocycles. The summed E-state index contributed by atoms with van der Waals surface area (Å²) in [5.74, 6) is -0.104. The third kappa shape index (κ3) is 3.75. The Morgan fingerprint density at radius 2 is 1.78 bits per heavy atom. The van der Waals surface area contributed by atoms with Gasteiger partial charge in [0.25, 0.3) is 5.91 Å². The van der Waals surface area contributed by atoms with E-state index in [0.717, 1.165) is 31.2 Å². The molecule has 0 aliphatic heterocycles. The molecule has 0 heterocycles. The highest BCUT2D eigenvalue weighted by molar-refractivity contribution is 7.89. The maximum atomic E-state index is 12.8. The van der Waals surface area contributed by atoms with E-state index in [-0.39, 0.29) is 16.8 Å². The van der Waals surface area contributed by atoms with E-state index in [1.165, 1.54) is 19.5 Å². The van der Waals surface area contributed by atoms with Gasteiger partial charge in [-0.3, -0.25) is 4.79 Å². The lowest BCUT2D eigenvalue weighted by molar-refractivity contribution is 0.0696. The molecule has 1 aromatic rings. The van der Waals surface area contributed by atoms with Crippen molar-refractivity contribution in [2.75, 3.05) is 14.1 Å². The predicted octanol–water partition coefficient (Wildman–Crippen LogP) is 2.62. The molecule has 0 aromatic heterocycles. The number of amides is 1. The highest BCUT2D eigenvalue weighted by Crippen LogP contribution is 2.25. The van der Waals surface area contributed by atoms with Gasteiger partial charge in [-0.15, -0.1) is 0 Å². The van der Waals surface area contributed by atoms with E-state index in [0.29, 0.717) is 11.1 Å². The Hall–Kier alpha value is -1.40. The summed E-state index contributed by atoms with van der Waals surface area (Å²) >= 11 is 0. The number of hydrogen-bond donors (Lipinski definition) is 1. The number of rotatable bonds is 4. The van der Waals surface area contributed by atoms with Crippen LogP contribution in [0.5, 0.6) is 0 Å². The van der Waals surface area contributed by atoms with E-state index in [4.69, 9.17) is 0 Å². The van der Waals surface area contributed by atoms with Gasteiger partial charge in [-0.1, -0.05) is 19.3 Å². The maximum absolute atomic E-state index is 12.8. The molecule has 0 bridgehead atoms. The Morgan fingerprint density at radius 1 is 1.17 bits per heavy atom. The molecule has 1 amide bonds. The number of aryl methyl sites for hydroxylation is 1. The van der Waals surface area contributed by atoms with Gasteiger partial charge in [0.15, 0.2) is 0 Å². The lowest BCUT2D eigenvalue weighted by Crippen LogP contribution is -2.38. The number of carbonyl (C=O) groups excluding carboxylic acids is 1. The number of hydrogen-bond acceptors (Lipinski definition) is 3. The predicted molar refractivity (Wildman–Crippen MR) is 91.1 cm³/mol. The molecular weight excluding hydrogens is 312 g/mol. The van der Waals surface area contributed by atoms with Gasteiger partial charge in [0, 0.05) is 18.7 Å².